The molecule has 71 heavy (non-hydrogen) atoms. The van der Waals surface area contributed by atoms with Crippen LogP contribution in [0.4, 0.5) is 0 Å². The Labute approximate surface area is 471 Å². The topological polar surface area (TPSA) is 133 Å². The van der Waals surface area contributed by atoms with E-state index in [0.717, 1.165) is 64.2 Å². The third-order valence-corrected chi connectivity index (χ3v) is 14.2. The van der Waals surface area contributed by atoms with E-state index in [1.807, 2.05) is 0 Å². The van der Waals surface area contributed by atoms with Crippen molar-refractivity contribution in [2.24, 2.45) is 0 Å². The SMILES string of the molecule is CCCCCCCCCCCCCCC(CCC(=O)[O-])OC(=O)CCCCCCCCCCCC.CCCCCCCCCCCCCCC(CCC(=O)[O-])OC(=O)CCCCCCCCCCCC.[Ca+2]. The zero-order chi connectivity index (χ0) is 51.6. The summed E-state index contributed by atoms with van der Waals surface area (Å²) in [6.07, 6.45) is 58.4. The van der Waals surface area contributed by atoms with Crippen molar-refractivity contribution in [1.82, 2.24) is 0 Å². The first-order chi connectivity index (χ1) is 34.2. The van der Waals surface area contributed by atoms with Gasteiger partial charge in [0.2, 0.25) is 0 Å². The first-order valence-electron chi connectivity index (χ1n) is 31.0. The molecule has 9 heteroatoms. The van der Waals surface area contributed by atoms with Gasteiger partial charge in [-0.05, 0) is 64.2 Å². The molecule has 2 atom stereocenters. The van der Waals surface area contributed by atoms with Gasteiger partial charge in [-0.25, -0.2) is 0 Å². The summed E-state index contributed by atoms with van der Waals surface area (Å²) < 4.78 is 11.3. The van der Waals surface area contributed by atoms with Crippen LogP contribution in [-0.4, -0.2) is 73.8 Å². The third-order valence-electron chi connectivity index (χ3n) is 14.2. The van der Waals surface area contributed by atoms with Crippen molar-refractivity contribution in [3.63, 3.8) is 0 Å². The van der Waals surface area contributed by atoms with Crippen LogP contribution in [0.25, 0.3) is 0 Å². The fraction of sp³-hybridized carbons (Fsp3) is 0.935. The van der Waals surface area contributed by atoms with E-state index in [-0.39, 0.29) is 74.7 Å². The zero-order valence-electron chi connectivity index (χ0n) is 47.9. The maximum Gasteiger partial charge on any atom is 2.00 e. The predicted octanol–water partition coefficient (Wildman–Crippen LogP) is 17.3. The molecule has 0 aliphatic carbocycles. The number of carboxylic acid groups (broad SMARTS) is 2. The molecule has 416 valence electrons. The van der Waals surface area contributed by atoms with E-state index in [2.05, 4.69) is 27.7 Å². The molecule has 0 rings (SSSR count). The Bertz CT molecular complexity index is 1020. The van der Waals surface area contributed by atoms with E-state index in [4.69, 9.17) is 9.47 Å². The molecule has 0 aromatic rings. The maximum atomic E-state index is 12.3. The summed E-state index contributed by atoms with van der Waals surface area (Å²) >= 11 is 0. The minimum atomic E-state index is -1.06. The Morgan fingerprint density at radius 1 is 0.268 bits per heavy atom. The molecule has 0 aromatic heterocycles. The van der Waals surface area contributed by atoms with Crippen LogP contribution in [0.15, 0.2) is 0 Å². The van der Waals surface area contributed by atoms with E-state index < -0.39 is 11.9 Å². The van der Waals surface area contributed by atoms with Gasteiger partial charge in [0.15, 0.2) is 0 Å². The van der Waals surface area contributed by atoms with Crippen LogP contribution in [0.5, 0.6) is 0 Å². The van der Waals surface area contributed by atoms with Gasteiger partial charge in [-0.3, -0.25) is 9.59 Å². The molecule has 0 bridgehead atoms. The summed E-state index contributed by atoms with van der Waals surface area (Å²) in [7, 11) is 0. The molecule has 0 aliphatic rings. The Morgan fingerprint density at radius 2 is 0.451 bits per heavy atom. The van der Waals surface area contributed by atoms with Crippen LogP contribution in [-0.2, 0) is 28.7 Å². The van der Waals surface area contributed by atoms with Crippen LogP contribution in [0, 0.1) is 0 Å². The van der Waals surface area contributed by atoms with Crippen molar-refractivity contribution in [1.29, 1.82) is 0 Å². The van der Waals surface area contributed by atoms with Gasteiger partial charge >= 0.3 is 49.7 Å². The van der Waals surface area contributed by atoms with E-state index in [1.165, 1.54) is 231 Å². The van der Waals surface area contributed by atoms with Crippen LogP contribution >= 0.6 is 0 Å². The number of carbonyl (C=O) groups excluding carboxylic acids is 4. The van der Waals surface area contributed by atoms with Crippen molar-refractivity contribution >= 4 is 61.6 Å². The normalized spacial score (nSPS) is 11.9. The van der Waals surface area contributed by atoms with Gasteiger partial charge in [0.05, 0.1) is 0 Å². The molecule has 8 nitrogen and oxygen atoms in total. The zero-order valence-corrected chi connectivity index (χ0v) is 50.1. The van der Waals surface area contributed by atoms with Gasteiger partial charge in [-0.1, -0.05) is 285 Å². The Hall–Kier alpha value is -0.860. The van der Waals surface area contributed by atoms with Crippen LogP contribution in [0.3, 0.4) is 0 Å². The number of carbonyl (C=O) groups is 4. The fourth-order valence-electron chi connectivity index (χ4n) is 9.51. The number of hydrogen-bond acceptors (Lipinski definition) is 8. The monoisotopic (exact) mass is 1030 g/mol. The van der Waals surface area contributed by atoms with E-state index in [0.29, 0.717) is 25.7 Å². The third kappa shape index (κ3) is 65.2. The van der Waals surface area contributed by atoms with Crippen LogP contribution in [0.2, 0.25) is 0 Å². The van der Waals surface area contributed by atoms with Crippen molar-refractivity contribution < 1.29 is 38.9 Å². The number of ether oxygens (including phenoxy) is 2. The molecule has 0 saturated heterocycles. The van der Waals surface area contributed by atoms with Gasteiger partial charge in [0.1, 0.15) is 12.2 Å². The molecule has 0 saturated carbocycles. The molecule has 2 unspecified atom stereocenters. The summed E-state index contributed by atoms with van der Waals surface area (Å²) in [5.41, 5.74) is 0. The number of unbranched alkanes of at least 4 members (excludes halogenated alkanes) is 40. The first-order valence-corrected chi connectivity index (χ1v) is 31.0. The van der Waals surface area contributed by atoms with Gasteiger partial charge in [0.25, 0.3) is 0 Å². The number of hydrogen-bond donors (Lipinski definition) is 0. The largest absolute Gasteiger partial charge is 2.00 e. The van der Waals surface area contributed by atoms with Gasteiger partial charge in [0, 0.05) is 24.8 Å². The summed E-state index contributed by atoms with van der Waals surface area (Å²) in [6.45, 7) is 9.01. The average molecular weight is 1030 g/mol. The van der Waals surface area contributed by atoms with Crippen LogP contribution in [0.1, 0.15) is 362 Å². The minimum Gasteiger partial charge on any atom is -0.550 e. The summed E-state index contributed by atoms with van der Waals surface area (Å²) in [5, 5.41) is 21.8. The molecular weight excluding hydrogens is 913 g/mol. The van der Waals surface area contributed by atoms with Gasteiger partial charge in [-0.2, -0.15) is 0 Å². The Kier molecular flexibility index (Phi) is 66.5. The minimum absolute atomic E-state index is 0. The molecule has 0 amide bonds. The molecule has 0 aromatic carbocycles. The maximum absolute atomic E-state index is 12.3. The molecule has 0 aliphatic heterocycles. The van der Waals surface area contributed by atoms with Gasteiger partial charge in [-0.15, -0.1) is 0 Å². The molecule has 0 fully saturated rings. The van der Waals surface area contributed by atoms with Gasteiger partial charge < -0.3 is 29.3 Å². The van der Waals surface area contributed by atoms with E-state index in [9.17, 15) is 29.4 Å². The Balaban J connectivity index is -0.00000128. The quantitative estimate of drug-likeness (QED) is 0.0334. The predicted molar refractivity (Wildman–Crippen MR) is 298 cm³/mol. The van der Waals surface area contributed by atoms with Crippen molar-refractivity contribution in [2.45, 2.75) is 374 Å². The number of esters is 2. The number of rotatable bonds is 56. The van der Waals surface area contributed by atoms with Crippen molar-refractivity contribution in [3.8, 4) is 0 Å². The molecule has 0 radical (unpaired) electrons. The van der Waals surface area contributed by atoms with Crippen molar-refractivity contribution in [3.05, 3.63) is 0 Å². The van der Waals surface area contributed by atoms with E-state index >= 15 is 0 Å². The Morgan fingerprint density at radius 3 is 0.648 bits per heavy atom. The number of aliphatic carboxylic acids is 2. The van der Waals surface area contributed by atoms with Crippen LogP contribution < -0.4 is 10.2 Å². The molecule has 0 N–H and O–H groups in total. The van der Waals surface area contributed by atoms with E-state index in [1.54, 1.807) is 0 Å². The second-order valence-corrected chi connectivity index (χ2v) is 21.3. The van der Waals surface area contributed by atoms with Crippen molar-refractivity contribution in [2.75, 3.05) is 0 Å². The summed E-state index contributed by atoms with van der Waals surface area (Å²) in [4.78, 5) is 46.3. The standard InChI is InChI=1S/2C31H60O4.Ca/c2*1-3-5-7-9-11-13-15-16-17-19-21-23-25-29(27-28-30(32)33)35-31(34)26-24-22-20-18-14-12-10-8-6-4-2;/h2*29H,3-28H2,1-2H3,(H,32,33);/q;;+2/p-2. The second kappa shape index (κ2) is 63.4. The molecule has 0 heterocycles. The smallest absolute Gasteiger partial charge is 0.550 e. The molecular formula is C62H118CaO8. The average Bonchev–Trinajstić information content (AvgIpc) is 3.34. The fourth-order valence-corrected chi connectivity index (χ4v) is 9.51. The number of carboxylic acids is 2. The second-order valence-electron chi connectivity index (χ2n) is 21.3. The summed E-state index contributed by atoms with van der Waals surface area (Å²) in [6, 6.07) is 0. The summed E-state index contributed by atoms with van der Waals surface area (Å²) in [5.74, 6) is -2.44. The first kappa shape index (κ1) is 74.4. The molecule has 0 spiro atoms.